The molecule has 0 spiro atoms. The number of nitrogens with zero attached hydrogens (tertiary/aromatic N) is 1. The quantitative estimate of drug-likeness (QED) is 0.715. The molecule has 0 saturated heterocycles. The summed E-state index contributed by atoms with van der Waals surface area (Å²) in [6.45, 7) is 7.28. The molecule has 0 aliphatic carbocycles. The van der Waals surface area contributed by atoms with Crippen molar-refractivity contribution in [2.45, 2.75) is 27.2 Å². The van der Waals surface area contributed by atoms with Gasteiger partial charge in [-0.25, -0.2) is 4.98 Å². The van der Waals surface area contributed by atoms with Crippen LogP contribution in [0.25, 0.3) is 0 Å². The van der Waals surface area contributed by atoms with Crippen LogP contribution in [0.15, 0.2) is 12.1 Å². The molecular formula is C13H22N4O. The van der Waals surface area contributed by atoms with Gasteiger partial charge in [-0.1, -0.05) is 13.8 Å². The molecule has 5 nitrogen and oxygen atoms in total. The Balaban J connectivity index is 2.33. The number of hydrogen-bond donors (Lipinski definition) is 3. The third-order valence-corrected chi connectivity index (χ3v) is 2.42. The van der Waals surface area contributed by atoms with Crippen molar-refractivity contribution in [3.63, 3.8) is 0 Å². The van der Waals surface area contributed by atoms with Crippen LogP contribution in [0.1, 0.15) is 26.0 Å². The van der Waals surface area contributed by atoms with Crippen molar-refractivity contribution in [1.82, 2.24) is 10.3 Å². The number of rotatable bonds is 6. The highest BCUT2D eigenvalue weighted by Crippen LogP contribution is 2.14. The Morgan fingerprint density at radius 1 is 1.44 bits per heavy atom. The van der Waals surface area contributed by atoms with Crippen molar-refractivity contribution >= 4 is 17.4 Å². The van der Waals surface area contributed by atoms with E-state index in [4.69, 9.17) is 5.73 Å². The lowest BCUT2D eigenvalue weighted by Crippen LogP contribution is -2.28. The van der Waals surface area contributed by atoms with Crippen LogP contribution in [-0.2, 0) is 4.79 Å². The summed E-state index contributed by atoms with van der Waals surface area (Å²) in [6.07, 6.45) is 0.418. The van der Waals surface area contributed by atoms with Gasteiger partial charge in [0.05, 0.1) is 5.69 Å². The van der Waals surface area contributed by atoms with Crippen LogP contribution in [0.5, 0.6) is 0 Å². The van der Waals surface area contributed by atoms with Gasteiger partial charge in [-0.3, -0.25) is 4.79 Å². The van der Waals surface area contributed by atoms with E-state index in [1.165, 1.54) is 0 Å². The maximum atomic E-state index is 11.5. The Bertz CT molecular complexity index is 404. The first kappa shape index (κ1) is 14.3. The average Bonchev–Trinajstić information content (AvgIpc) is 2.31. The Morgan fingerprint density at radius 3 is 2.83 bits per heavy atom. The van der Waals surface area contributed by atoms with Gasteiger partial charge in [-0.2, -0.15) is 0 Å². The number of anilines is 2. The van der Waals surface area contributed by atoms with Gasteiger partial charge < -0.3 is 16.4 Å². The minimum Gasteiger partial charge on any atom is -0.396 e. The molecule has 1 rings (SSSR count). The SMILES string of the molecule is Cc1ccc(N)c(NCCC(=O)NCC(C)C)n1. The summed E-state index contributed by atoms with van der Waals surface area (Å²) in [6, 6.07) is 3.67. The van der Waals surface area contributed by atoms with Crippen LogP contribution in [-0.4, -0.2) is 24.0 Å². The fraction of sp³-hybridized carbons (Fsp3) is 0.538. The minimum absolute atomic E-state index is 0.0439. The van der Waals surface area contributed by atoms with E-state index in [-0.39, 0.29) is 5.91 Å². The second-order valence-corrected chi connectivity index (χ2v) is 4.77. The smallest absolute Gasteiger partial charge is 0.221 e. The molecule has 4 N–H and O–H groups in total. The number of hydrogen-bond acceptors (Lipinski definition) is 4. The fourth-order valence-electron chi connectivity index (χ4n) is 1.41. The molecule has 0 fully saturated rings. The number of nitrogen functional groups attached to an aromatic ring is 1. The monoisotopic (exact) mass is 250 g/mol. The molecule has 0 unspecified atom stereocenters. The largest absolute Gasteiger partial charge is 0.396 e. The van der Waals surface area contributed by atoms with Gasteiger partial charge in [0.25, 0.3) is 0 Å². The predicted molar refractivity (Wildman–Crippen MR) is 74.3 cm³/mol. The van der Waals surface area contributed by atoms with Gasteiger partial charge >= 0.3 is 0 Å². The van der Waals surface area contributed by atoms with Gasteiger partial charge in [0.1, 0.15) is 5.82 Å². The lowest BCUT2D eigenvalue weighted by molar-refractivity contribution is -0.120. The average molecular weight is 250 g/mol. The van der Waals surface area contributed by atoms with Crippen molar-refractivity contribution in [3.8, 4) is 0 Å². The second kappa shape index (κ2) is 6.83. The van der Waals surface area contributed by atoms with E-state index in [1.54, 1.807) is 0 Å². The summed E-state index contributed by atoms with van der Waals surface area (Å²) in [7, 11) is 0. The van der Waals surface area contributed by atoms with Crippen LogP contribution in [0.2, 0.25) is 0 Å². The summed E-state index contributed by atoms with van der Waals surface area (Å²) >= 11 is 0. The van der Waals surface area contributed by atoms with Crippen molar-refractivity contribution in [2.75, 3.05) is 24.1 Å². The molecule has 5 heteroatoms. The van der Waals surface area contributed by atoms with Gasteiger partial charge in [-0.15, -0.1) is 0 Å². The van der Waals surface area contributed by atoms with Crippen molar-refractivity contribution in [3.05, 3.63) is 17.8 Å². The number of pyridine rings is 1. The fourth-order valence-corrected chi connectivity index (χ4v) is 1.41. The molecular weight excluding hydrogens is 228 g/mol. The van der Waals surface area contributed by atoms with Gasteiger partial charge in [-0.05, 0) is 25.0 Å². The normalized spacial score (nSPS) is 10.4. The summed E-state index contributed by atoms with van der Waals surface area (Å²) < 4.78 is 0. The van der Waals surface area contributed by atoms with Crippen LogP contribution < -0.4 is 16.4 Å². The van der Waals surface area contributed by atoms with Gasteiger partial charge in [0.2, 0.25) is 5.91 Å². The lowest BCUT2D eigenvalue weighted by atomic mass is 10.2. The first-order valence-corrected chi connectivity index (χ1v) is 6.22. The molecule has 0 aromatic carbocycles. The molecule has 0 atom stereocenters. The molecule has 18 heavy (non-hydrogen) atoms. The molecule has 0 aliphatic rings. The molecule has 0 bridgehead atoms. The predicted octanol–water partition coefficient (Wildman–Crippen LogP) is 1.55. The zero-order chi connectivity index (χ0) is 13.5. The Morgan fingerprint density at radius 2 is 2.17 bits per heavy atom. The summed E-state index contributed by atoms with van der Waals surface area (Å²) in [4.78, 5) is 15.8. The van der Waals surface area contributed by atoms with E-state index in [0.29, 0.717) is 36.9 Å². The summed E-state index contributed by atoms with van der Waals surface area (Å²) in [5.41, 5.74) is 7.28. The standard InChI is InChI=1S/C13H22N4O/c1-9(2)8-16-12(18)6-7-15-13-11(14)5-4-10(3)17-13/h4-5,9H,6-8,14H2,1-3H3,(H,15,17)(H,16,18). The number of carbonyl (C=O) groups is 1. The topological polar surface area (TPSA) is 80.0 Å². The maximum absolute atomic E-state index is 11.5. The maximum Gasteiger partial charge on any atom is 0.221 e. The van der Waals surface area contributed by atoms with E-state index < -0.39 is 0 Å². The number of aromatic nitrogens is 1. The number of nitrogens with one attached hydrogen (secondary N) is 2. The minimum atomic E-state index is 0.0439. The first-order valence-electron chi connectivity index (χ1n) is 6.22. The number of nitrogens with two attached hydrogens (primary N) is 1. The molecule has 1 amide bonds. The highest BCUT2D eigenvalue weighted by atomic mass is 16.1. The zero-order valence-electron chi connectivity index (χ0n) is 11.3. The van der Waals surface area contributed by atoms with Gasteiger partial charge in [0, 0.05) is 25.2 Å². The molecule has 100 valence electrons. The highest BCUT2D eigenvalue weighted by Gasteiger charge is 2.04. The Hall–Kier alpha value is -1.78. The summed E-state index contributed by atoms with van der Waals surface area (Å²) in [5, 5.41) is 5.94. The third-order valence-electron chi connectivity index (χ3n) is 2.42. The molecule has 0 radical (unpaired) electrons. The van der Waals surface area contributed by atoms with Crippen molar-refractivity contribution < 1.29 is 4.79 Å². The van der Waals surface area contributed by atoms with Gasteiger partial charge in [0.15, 0.2) is 0 Å². The van der Waals surface area contributed by atoms with E-state index in [0.717, 1.165) is 5.69 Å². The Kier molecular flexibility index (Phi) is 5.42. The molecule has 0 saturated carbocycles. The number of amides is 1. The summed E-state index contributed by atoms with van der Waals surface area (Å²) in [5.74, 6) is 1.16. The third kappa shape index (κ3) is 5.03. The van der Waals surface area contributed by atoms with Crippen LogP contribution >= 0.6 is 0 Å². The highest BCUT2D eigenvalue weighted by molar-refractivity contribution is 5.76. The van der Waals surface area contributed by atoms with Crippen LogP contribution in [0.4, 0.5) is 11.5 Å². The van der Waals surface area contributed by atoms with E-state index in [1.807, 2.05) is 19.1 Å². The first-order chi connectivity index (χ1) is 8.49. The van der Waals surface area contributed by atoms with E-state index in [2.05, 4.69) is 29.5 Å². The molecule has 1 aromatic heterocycles. The van der Waals surface area contributed by atoms with Crippen LogP contribution in [0, 0.1) is 12.8 Å². The molecule has 1 heterocycles. The van der Waals surface area contributed by atoms with Crippen LogP contribution in [0.3, 0.4) is 0 Å². The lowest BCUT2D eigenvalue weighted by Gasteiger charge is -2.10. The molecule has 1 aromatic rings. The Labute approximate surface area is 108 Å². The van der Waals surface area contributed by atoms with Crippen molar-refractivity contribution in [2.24, 2.45) is 5.92 Å². The second-order valence-electron chi connectivity index (χ2n) is 4.77. The zero-order valence-corrected chi connectivity index (χ0v) is 11.3. The van der Waals surface area contributed by atoms with Crippen molar-refractivity contribution in [1.29, 1.82) is 0 Å². The molecule has 0 aliphatic heterocycles. The van der Waals surface area contributed by atoms with E-state index >= 15 is 0 Å². The van der Waals surface area contributed by atoms with E-state index in [9.17, 15) is 4.79 Å². The number of aryl methyl sites for hydroxylation is 1. The number of carbonyl (C=O) groups excluding carboxylic acids is 1.